The van der Waals surface area contributed by atoms with E-state index in [4.69, 9.17) is 4.74 Å². The molecule has 0 unspecified atom stereocenters. The third-order valence-corrected chi connectivity index (χ3v) is 4.02. The number of carbonyl (C=O) groups excluding carboxylic acids is 1. The van der Waals surface area contributed by atoms with Crippen LogP contribution in [-0.4, -0.2) is 18.0 Å². The highest BCUT2D eigenvalue weighted by atomic mass is 16.5. The van der Waals surface area contributed by atoms with Crippen LogP contribution in [0.25, 0.3) is 0 Å². The first-order chi connectivity index (χ1) is 12.5. The van der Waals surface area contributed by atoms with Crippen LogP contribution in [0.4, 0.5) is 17.1 Å². The lowest BCUT2D eigenvalue weighted by atomic mass is 10.1. The van der Waals surface area contributed by atoms with Crippen molar-refractivity contribution in [1.82, 2.24) is 4.98 Å². The van der Waals surface area contributed by atoms with Crippen molar-refractivity contribution in [2.45, 2.75) is 13.8 Å². The van der Waals surface area contributed by atoms with Gasteiger partial charge in [0, 0.05) is 17.6 Å². The zero-order chi connectivity index (χ0) is 18.5. The number of amides is 1. The number of nitrogens with one attached hydrogen (secondary N) is 2. The molecule has 0 saturated heterocycles. The summed E-state index contributed by atoms with van der Waals surface area (Å²) in [6.45, 7) is 3.96. The van der Waals surface area contributed by atoms with E-state index in [0.717, 1.165) is 33.9 Å². The highest BCUT2D eigenvalue weighted by molar-refractivity contribution is 6.05. The molecule has 5 heteroatoms. The molecule has 3 rings (SSSR count). The minimum atomic E-state index is -0.190. The summed E-state index contributed by atoms with van der Waals surface area (Å²) in [6.07, 6.45) is 3.23. The second kappa shape index (κ2) is 7.70. The number of aryl methyl sites for hydroxylation is 2. The van der Waals surface area contributed by atoms with Crippen LogP contribution in [0.3, 0.4) is 0 Å². The molecule has 0 aliphatic carbocycles. The van der Waals surface area contributed by atoms with Crippen molar-refractivity contribution >= 4 is 23.0 Å². The van der Waals surface area contributed by atoms with Gasteiger partial charge < -0.3 is 15.4 Å². The molecule has 26 heavy (non-hydrogen) atoms. The first kappa shape index (κ1) is 17.5. The number of hydrogen-bond donors (Lipinski definition) is 2. The Kier molecular flexibility index (Phi) is 5.17. The maximum atomic E-state index is 12.6. The fourth-order valence-corrected chi connectivity index (χ4v) is 2.54. The molecule has 1 amide bonds. The number of benzene rings is 2. The van der Waals surface area contributed by atoms with Gasteiger partial charge in [-0.2, -0.15) is 0 Å². The standard InChI is InChI=1S/C21H21N3O2/c1-14-4-5-15(2)20(10-14)24-21(25)16-11-18(13-22-12-16)23-17-6-8-19(26-3)9-7-17/h4-13,23H,1-3H3,(H,24,25). The molecule has 0 saturated carbocycles. The minimum Gasteiger partial charge on any atom is -0.497 e. The Morgan fingerprint density at radius 2 is 1.73 bits per heavy atom. The molecule has 1 aromatic heterocycles. The van der Waals surface area contributed by atoms with Crippen LogP contribution in [0, 0.1) is 13.8 Å². The lowest BCUT2D eigenvalue weighted by Crippen LogP contribution is -2.13. The summed E-state index contributed by atoms with van der Waals surface area (Å²) in [6, 6.07) is 15.3. The van der Waals surface area contributed by atoms with Crippen LogP contribution in [0.1, 0.15) is 21.5 Å². The van der Waals surface area contributed by atoms with E-state index in [2.05, 4.69) is 15.6 Å². The quantitative estimate of drug-likeness (QED) is 0.702. The lowest BCUT2D eigenvalue weighted by molar-refractivity contribution is 0.102. The van der Waals surface area contributed by atoms with Crippen molar-refractivity contribution in [1.29, 1.82) is 0 Å². The molecule has 5 nitrogen and oxygen atoms in total. The molecule has 0 radical (unpaired) electrons. The van der Waals surface area contributed by atoms with Gasteiger partial charge >= 0.3 is 0 Å². The van der Waals surface area contributed by atoms with E-state index in [1.807, 2.05) is 56.3 Å². The molecule has 0 fully saturated rings. The van der Waals surface area contributed by atoms with E-state index < -0.39 is 0 Å². The highest BCUT2D eigenvalue weighted by Crippen LogP contribution is 2.21. The molecule has 2 N–H and O–H groups in total. The number of ether oxygens (including phenoxy) is 1. The first-order valence-electron chi connectivity index (χ1n) is 8.30. The summed E-state index contributed by atoms with van der Waals surface area (Å²) in [5.41, 5.74) is 5.04. The molecule has 0 aliphatic heterocycles. The summed E-state index contributed by atoms with van der Waals surface area (Å²) in [7, 11) is 1.63. The molecule has 0 aliphatic rings. The van der Waals surface area contributed by atoms with Gasteiger partial charge in [-0.05, 0) is 61.4 Å². The summed E-state index contributed by atoms with van der Waals surface area (Å²) in [4.78, 5) is 16.7. The maximum absolute atomic E-state index is 12.6. The molecule has 1 heterocycles. The summed E-state index contributed by atoms with van der Waals surface area (Å²) < 4.78 is 5.15. The number of rotatable bonds is 5. The van der Waals surface area contributed by atoms with Gasteiger partial charge in [0.05, 0.1) is 24.6 Å². The van der Waals surface area contributed by atoms with Gasteiger partial charge in [0.15, 0.2) is 0 Å². The van der Waals surface area contributed by atoms with Gasteiger partial charge in [0.25, 0.3) is 5.91 Å². The fraction of sp³-hybridized carbons (Fsp3) is 0.143. The van der Waals surface area contributed by atoms with Crippen LogP contribution >= 0.6 is 0 Å². The largest absolute Gasteiger partial charge is 0.497 e. The normalized spacial score (nSPS) is 10.3. The number of methoxy groups -OCH3 is 1. The Hall–Kier alpha value is -3.34. The molecular formula is C21H21N3O2. The number of hydrogen-bond acceptors (Lipinski definition) is 4. The van der Waals surface area contributed by atoms with E-state index >= 15 is 0 Å². The van der Waals surface area contributed by atoms with Gasteiger partial charge in [0.1, 0.15) is 5.75 Å². The van der Waals surface area contributed by atoms with Crippen LogP contribution in [0.5, 0.6) is 5.75 Å². The van der Waals surface area contributed by atoms with E-state index in [9.17, 15) is 4.79 Å². The Balaban J connectivity index is 1.75. The minimum absolute atomic E-state index is 0.190. The lowest BCUT2D eigenvalue weighted by Gasteiger charge is -2.11. The zero-order valence-corrected chi connectivity index (χ0v) is 15.0. The fourth-order valence-electron chi connectivity index (χ4n) is 2.54. The molecule has 0 spiro atoms. The van der Waals surface area contributed by atoms with Gasteiger partial charge in [0.2, 0.25) is 0 Å². The third kappa shape index (κ3) is 4.19. The van der Waals surface area contributed by atoms with Crippen molar-refractivity contribution in [3.8, 4) is 5.75 Å². The van der Waals surface area contributed by atoms with Crippen molar-refractivity contribution in [3.05, 3.63) is 77.6 Å². The monoisotopic (exact) mass is 347 g/mol. The number of carbonyl (C=O) groups is 1. The smallest absolute Gasteiger partial charge is 0.257 e. The molecule has 0 bridgehead atoms. The Labute approximate surface area is 153 Å². The topological polar surface area (TPSA) is 63.2 Å². The van der Waals surface area contributed by atoms with Gasteiger partial charge in [-0.3, -0.25) is 9.78 Å². The predicted octanol–water partition coefficient (Wildman–Crippen LogP) is 4.70. The average Bonchev–Trinajstić information content (AvgIpc) is 2.65. The summed E-state index contributed by atoms with van der Waals surface area (Å²) >= 11 is 0. The second-order valence-corrected chi connectivity index (χ2v) is 6.09. The SMILES string of the molecule is COc1ccc(Nc2cncc(C(=O)Nc3cc(C)ccc3C)c2)cc1. The average molecular weight is 347 g/mol. The van der Waals surface area contributed by atoms with E-state index in [1.54, 1.807) is 25.6 Å². The summed E-state index contributed by atoms with van der Waals surface area (Å²) in [5.74, 6) is 0.597. The molecule has 132 valence electrons. The Morgan fingerprint density at radius 1 is 0.962 bits per heavy atom. The van der Waals surface area contributed by atoms with Crippen molar-refractivity contribution in [2.75, 3.05) is 17.7 Å². The number of nitrogens with zero attached hydrogens (tertiary/aromatic N) is 1. The molecule has 0 atom stereocenters. The number of anilines is 3. The van der Waals surface area contributed by atoms with Crippen LogP contribution < -0.4 is 15.4 Å². The third-order valence-electron chi connectivity index (χ3n) is 4.02. The predicted molar refractivity (Wildman–Crippen MR) is 104 cm³/mol. The summed E-state index contributed by atoms with van der Waals surface area (Å²) in [5, 5.41) is 6.19. The van der Waals surface area contributed by atoms with E-state index in [-0.39, 0.29) is 5.91 Å². The van der Waals surface area contributed by atoms with Crippen LogP contribution in [-0.2, 0) is 0 Å². The van der Waals surface area contributed by atoms with Gasteiger partial charge in [-0.1, -0.05) is 12.1 Å². The van der Waals surface area contributed by atoms with Gasteiger partial charge in [-0.25, -0.2) is 0 Å². The Morgan fingerprint density at radius 3 is 2.46 bits per heavy atom. The van der Waals surface area contributed by atoms with E-state index in [1.165, 1.54) is 0 Å². The van der Waals surface area contributed by atoms with Crippen LogP contribution in [0.15, 0.2) is 60.9 Å². The zero-order valence-electron chi connectivity index (χ0n) is 15.0. The van der Waals surface area contributed by atoms with Crippen molar-refractivity contribution in [2.24, 2.45) is 0 Å². The highest BCUT2D eigenvalue weighted by Gasteiger charge is 2.09. The van der Waals surface area contributed by atoms with Crippen molar-refractivity contribution < 1.29 is 9.53 Å². The first-order valence-corrected chi connectivity index (χ1v) is 8.30. The number of pyridine rings is 1. The molecule has 3 aromatic rings. The maximum Gasteiger partial charge on any atom is 0.257 e. The number of aromatic nitrogens is 1. The molecular weight excluding hydrogens is 326 g/mol. The second-order valence-electron chi connectivity index (χ2n) is 6.09. The van der Waals surface area contributed by atoms with E-state index in [0.29, 0.717) is 5.56 Å². The van der Waals surface area contributed by atoms with Crippen LogP contribution in [0.2, 0.25) is 0 Å². The van der Waals surface area contributed by atoms with Crippen molar-refractivity contribution in [3.63, 3.8) is 0 Å². The molecule has 2 aromatic carbocycles. The van der Waals surface area contributed by atoms with Gasteiger partial charge in [-0.15, -0.1) is 0 Å². The Bertz CT molecular complexity index is 921.